The molecule has 0 saturated heterocycles. The molecule has 6 heteroatoms. The van der Waals surface area contributed by atoms with Crippen LogP contribution in [-0.4, -0.2) is 37.2 Å². The molecule has 0 fully saturated rings. The Morgan fingerprint density at radius 1 is 0.356 bits per heavy atom. The molecule has 0 aromatic carbocycles. The van der Waals surface area contributed by atoms with Gasteiger partial charge in [-0.05, 0) is 83.5 Å². The zero-order valence-corrected chi connectivity index (χ0v) is 38.8. The molecule has 0 aliphatic heterocycles. The molecule has 6 nitrogen and oxygen atoms in total. The first-order chi connectivity index (χ1) is 29.0. The van der Waals surface area contributed by atoms with E-state index in [4.69, 9.17) is 14.2 Å². The van der Waals surface area contributed by atoms with E-state index in [0.29, 0.717) is 25.7 Å². The van der Waals surface area contributed by atoms with Gasteiger partial charge in [-0.2, -0.15) is 0 Å². The topological polar surface area (TPSA) is 78.9 Å². The number of unbranched alkanes of at least 4 members (excludes halogenated alkanes) is 25. The summed E-state index contributed by atoms with van der Waals surface area (Å²) >= 11 is 0. The lowest BCUT2D eigenvalue weighted by molar-refractivity contribution is -0.167. The molecule has 59 heavy (non-hydrogen) atoms. The van der Waals surface area contributed by atoms with E-state index < -0.39 is 6.10 Å². The maximum absolute atomic E-state index is 12.7. The van der Waals surface area contributed by atoms with Gasteiger partial charge in [0.1, 0.15) is 13.2 Å². The summed E-state index contributed by atoms with van der Waals surface area (Å²) in [5.74, 6) is -0.943. The third kappa shape index (κ3) is 46.0. The summed E-state index contributed by atoms with van der Waals surface area (Å²) in [5, 5.41) is 0. The van der Waals surface area contributed by atoms with Crippen molar-refractivity contribution in [2.75, 3.05) is 13.2 Å². The highest BCUT2D eigenvalue weighted by Gasteiger charge is 2.19. The Labute approximate surface area is 364 Å². The Morgan fingerprint density at radius 2 is 0.695 bits per heavy atom. The molecule has 1 atom stereocenters. The van der Waals surface area contributed by atoms with Crippen LogP contribution in [0.5, 0.6) is 0 Å². The molecule has 340 valence electrons. The summed E-state index contributed by atoms with van der Waals surface area (Å²) in [7, 11) is 0. The first-order valence-corrected chi connectivity index (χ1v) is 24.8. The van der Waals surface area contributed by atoms with Crippen LogP contribution in [0, 0.1) is 0 Å². The van der Waals surface area contributed by atoms with Gasteiger partial charge in [0.15, 0.2) is 6.10 Å². The van der Waals surface area contributed by atoms with E-state index in [1.54, 1.807) is 0 Å². The first kappa shape index (κ1) is 56.1. The summed E-state index contributed by atoms with van der Waals surface area (Å²) in [6.45, 7) is 6.43. The van der Waals surface area contributed by atoms with Crippen molar-refractivity contribution in [1.29, 1.82) is 0 Å². The minimum atomic E-state index is -0.791. The van der Waals surface area contributed by atoms with Crippen molar-refractivity contribution in [1.82, 2.24) is 0 Å². The average Bonchev–Trinajstić information content (AvgIpc) is 3.23. The molecule has 0 spiro atoms. The van der Waals surface area contributed by atoms with E-state index >= 15 is 0 Å². The molecule has 1 unspecified atom stereocenters. The van der Waals surface area contributed by atoms with Gasteiger partial charge in [-0.1, -0.05) is 197 Å². The van der Waals surface area contributed by atoms with Gasteiger partial charge < -0.3 is 14.2 Å². The fourth-order valence-corrected chi connectivity index (χ4v) is 6.79. The molecule has 0 aromatic rings. The molecular weight excluding hydrogens is 733 g/mol. The zero-order valence-electron chi connectivity index (χ0n) is 38.8. The highest BCUT2D eigenvalue weighted by atomic mass is 16.6. The predicted molar refractivity (Wildman–Crippen MR) is 251 cm³/mol. The summed E-state index contributed by atoms with van der Waals surface area (Å²) in [6, 6.07) is 0. The van der Waals surface area contributed by atoms with Crippen LogP contribution in [0.15, 0.2) is 60.8 Å². The summed E-state index contributed by atoms with van der Waals surface area (Å²) in [5.41, 5.74) is 0. The normalized spacial score (nSPS) is 12.5. The van der Waals surface area contributed by atoms with E-state index in [2.05, 4.69) is 81.5 Å². The Balaban J connectivity index is 4.36. The fourth-order valence-electron chi connectivity index (χ4n) is 6.79. The molecular formula is C53H92O6. The lowest BCUT2D eigenvalue weighted by atomic mass is 10.1. The predicted octanol–water partition coefficient (Wildman–Crippen LogP) is 16.1. The number of esters is 3. The van der Waals surface area contributed by atoms with Crippen molar-refractivity contribution in [3.8, 4) is 0 Å². The third-order valence-corrected chi connectivity index (χ3v) is 10.5. The number of hydrogen-bond donors (Lipinski definition) is 0. The van der Waals surface area contributed by atoms with E-state index in [1.807, 2.05) is 0 Å². The average molecular weight is 825 g/mol. The maximum atomic E-state index is 12.7. The standard InChI is InChI=1S/C53H92O6/c1-4-7-10-13-16-19-21-23-25-26-28-29-31-34-37-40-43-46-52(55)58-49-50(48-57-51(54)45-42-39-36-33-18-15-12-9-6-3)59-53(56)47-44-41-38-35-32-30-27-24-22-20-17-14-11-8-5-2/h8,11,14,17,20,22-23,25,33,36,50H,4-7,9-10,12-13,15-16,18-19,21,24,26-32,34-35,37-49H2,1-3H3/b11-8-,17-14-,22-20-,25-23-,36-33-. The number of hydrogen-bond acceptors (Lipinski definition) is 6. The molecule has 0 bridgehead atoms. The molecule has 0 N–H and O–H groups in total. The van der Waals surface area contributed by atoms with E-state index in [1.165, 1.54) is 128 Å². The third-order valence-electron chi connectivity index (χ3n) is 10.5. The van der Waals surface area contributed by atoms with E-state index in [-0.39, 0.29) is 31.1 Å². The second-order valence-corrected chi connectivity index (χ2v) is 16.4. The minimum Gasteiger partial charge on any atom is -0.462 e. The van der Waals surface area contributed by atoms with E-state index in [9.17, 15) is 14.4 Å². The van der Waals surface area contributed by atoms with Gasteiger partial charge in [-0.25, -0.2) is 0 Å². The van der Waals surface area contributed by atoms with Crippen LogP contribution in [0.1, 0.15) is 239 Å². The van der Waals surface area contributed by atoms with Crippen LogP contribution in [0.4, 0.5) is 0 Å². The van der Waals surface area contributed by atoms with Crippen molar-refractivity contribution in [2.45, 2.75) is 245 Å². The number of carbonyl (C=O) groups excluding carboxylic acids is 3. The van der Waals surface area contributed by atoms with Gasteiger partial charge >= 0.3 is 17.9 Å². The minimum absolute atomic E-state index is 0.0899. The molecule has 0 radical (unpaired) electrons. The molecule has 0 saturated carbocycles. The van der Waals surface area contributed by atoms with Gasteiger partial charge in [-0.3, -0.25) is 14.4 Å². The van der Waals surface area contributed by atoms with Crippen LogP contribution < -0.4 is 0 Å². The van der Waals surface area contributed by atoms with Gasteiger partial charge in [0.25, 0.3) is 0 Å². The van der Waals surface area contributed by atoms with Crippen LogP contribution in [0.2, 0.25) is 0 Å². The largest absolute Gasteiger partial charge is 0.462 e. The first-order valence-electron chi connectivity index (χ1n) is 24.8. The van der Waals surface area contributed by atoms with Gasteiger partial charge in [-0.15, -0.1) is 0 Å². The Kier molecular flexibility index (Phi) is 45.4. The molecule has 0 rings (SSSR count). The van der Waals surface area contributed by atoms with E-state index in [0.717, 1.165) is 64.2 Å². The molecule has 0 aromatic heterocycles. The van der Waals surface area contributed by atoms with Gasteiger partial charge in [0, 0.05) is 19.3 Å². The SMILES string of the molecule is CC\C=C/C=C\C=C/CCCCCCCCCC(=O)OC(COC(=O)CCC/C=C\CCCCCC)COC(=O)CCCCCCCCC/C=C\CCCCCCCC. The lowest BCUT2D eigenvalue weighted by Gasteiger charge is -2.18. The van der Waals surface area contributed by atoms with Crippen LogP contribution >= 0.6 is 0 Å². The van der Waals surface area contributed by atoms with Crippen molar-refractivity contribution in [3.05, 3.63) is 60.8 Å². The van der Waals surface area contributed by atoms with Crippen molar-refractivity contribution in [2.24, 2.45) is 0 Å². The zero-order chi connectivity index (χ0) is 43.0. The van der Waals surface area contributed by atoms with Crippen molar-refractivity contribution in [3.63, 3.8) is 0 Å². The molecule has 0 aliphatic rings. The fraction of sp³-hybridized carbons (Fsp3) is 0.755. The van der Waals surface area contributed by atoms with Crippen LogP contribution in [-0.2, 0) is 28.6 Å². The second-order valence-electron chi connectivity index (χ2n) is 16.4. The summed E-state index contributed by atoms with van der Waals surface area (Å²) < 4.78 is 16.7. The molecule has 0 aliphatic carbocycles. The Bertz CT molecular complexity index is 1090. The Morgan fingerprint density at radius 3 is 1.15 bits per heavy atom. The summed E-state index contributed by atoms with van der Waals surface area (Å²) in [6.07, 6.45) is 57.8. The smallest absolute Gasteiger partial charge is 0.306 e. The number of rotatable bonds is 44. The van der Waals surface area contributed by atoms with Crippen molar-refractivity contribution >= 4 is 17.9 Å². The van der Waals surface area contributed by atoms with Gasteiger partial charge in [0.05, 0.1) is 0 Å². The number of carbonyl (C=O) groups is 3. The quantitative estimate of drug-likeness (QED) is 0.0200. The molecule has 0 amide bonds. The highest BCUT2D eigenvalue weighted by Crippen LogP contribution is 2.14. The lowest BCUT2D eigenvalue weighted by Crippen LogP contribution is -2.30. The maximum Gasteiger partial charge on any atom is 0.306 e. The number of ether oxygens (including phenoxy) is 3. The van der Waals surface area contributed by atoms with Crippen LogP contribution in [0.25, 0.3) is 0 Å². The van der Waals surface area contributed by atoms with Crippen molar-refractivity contribution < 1.29 is 28.6 Å². The highest BCUT2D eigenvalue weighted by molar-refractivity contribution is 5.71. The molecule has 0 heterocycles. The summed E-state index contributed by atoms with van der Waals surface area (Å²) in [4.78, 5) is 37.8. The number of allylic oxidation sites excluding steroid dienone is 10. The Hall–Kier alpha value is -2.89. The monoisotopic (exact) mass is 825 g/mol. The van der Waals surface area contributed by atoms with Gasteiger partial charge in [0.2, 0.25) is 0 Å². The second kappa shape index (κ2) is 47.8. The van der Waals surface area contributed by atoms with Crippen LogP contribution in [0.3, 0.4) is 0 Å².